The summed E-state index contributed by atoms with van der Waals surface area (Å²) in [5.74, 6) is 0.674. The molecule has 1 aliphatic rings. The summed E-state index contributed by atoms with van der Waals surface area (Å²) >= 11 is 0. The number of phenolic OH excluding ortho intramolecular Hbond substituents is 1. The van der Waals surface area contributed by atoms with Crippen molar-refractivity contribution in [3.63, 3.8) is 0 Å². The number of pyridine rings is 1. The van der Waals surface area contributed by atoms with Crippen LogP contribution in [0.25, 0.3) is 72.7 Å². The number of hydrogen-bond acceptors (Lipinski definition) is 3. The Balaban J connectivity index is 0.00000611. The topological polar surface area (TPSA) is 50.9 Å². The van der Waals surface area contributed by atoms with Crippen LogP contribution in [0.3, 0.4) is 0 Å². The first-order valence-corrected chi connectivity index (χ1v) is 24.6. The fourth-order valence-corrected chi connectivity index (χ4v) is 10.5. The van der Waals surface area contributed by atoms with Crippen molar-refractivity contribution in [2.75, 3.05) is 0 Å². The van der Waals surface area contributed by atoms with E-state index in [1.807, 2.05) is 60.8 Å². The zero-order valence-corrected chi connectivity index (χ0v) is 42.9. The molecule has 2 aromatic heterocycles. The minimum Gasteiger partial charge on any atom is -0.507 e. The van der Waals surface area contributed by atoms with Crippen molar-refractivity contribution in [1.82, 2.24) is 14.5 Å². The van der Waals surface area contributed by atoms with Gasteiger partial charge < -0.3 is 5.11 Å². The SMILES string of the molecule is [2H]C([2H])(c1ccc(-n2c(-c3ccccc3O)nc3c(-c4[c-]c(-c5cc(-c6ccc(C(C)(c7ccccc7)c7ccccc7)cc6)ccn5)cc(C(C)(C)C)c4)cccc32)c(-c2ccccc2)c1)C1CCCC1.[Pt]. The molecule has 0 radical (unpaired) electrons. The van der Waals surface area contributed by atoms with Gasteiger partial charge in [-0.3, -0.25) is 9.55 Å². The van der Waals surface area contributed by atoms with Gasteiger partial charge >= 0.3 is 0 Å². The van der Waals surface area contributed by atoms with Gasteiger partial charge in [0.05, 0.1) is 22.3 Å². The molecule has 1 N–H and O–H groups in total. The summed E-state index contributed by atoms with van der Waals surface area (Å²) in [7, 11) is 0. The first-order valence-electron chi connectivity index (χ1n) is 25.6. The Hall–Kier alpha value is -7.13. The summed E-state index contributed by atoms with van der Waals surface area (Å²) in [6, 6.07) is 72.8. The number of imidazole rings is 1. The predicted octanol–water partition coefficient (Wildman–Crippen LogP) is 16.6. The molecule has 11 rings (SSSR count). The average molecular weight is 1110 g/mol. The monoisotopic (exact) mass is 1110 g/mol. The van der Waals surface area contributed by atoms with Crippen LogP contribution in [0.1, 0.15) is 83.9 Å². The summed E-state index contributed by atoms with van der Waals surface area (Å²) in [4.78, 5) is 10.5. The maximum Gasteiger partial charge on any atom is 0.148 e. The van der Waals surface area contributed by atoms with Gasteiger partial charge in [0.25, 0.3) is 0 Å². The summed E-state index contributed by atoms with van der Waals surface area (Å²) in [6.07, 6.45) is 4.29. The van der Waals surface area contributed by atoms with E-state index in [4.69, 9.17) is 9.97 Å². The summed E-state index contributed by atoms with van der Waals surface area (Å²) in [6.45, 7) is 9.00. The molecule has 0 unspecified atom stereocenters. The van der Waals surface area contributed by atoms with Crippen molar-refractivity contribution in [3.8, 4) is 67.5 Å². The fourth-order valence-electron chi connectivity index (χ4n) is 10.5. The second-order valence-corrected chi connectivity index (χ2v) is 20.0. The quantitative estimate of drug-likeness (QED) is 0.104. The Morgan fingerprint density at radius 1 is 0.577 bits per heavy atom. The van der Waals surface area contributed by atoms with E-state index in [1.54, 1.807) is 6.07 Å². The van der Waals surface area contributed by atoms with Crippen LogP contribution in [-0.4, -0.2) is 19.6 Å². The maximum absolute atomic E-state index is 11.5. The first-order chi connectivity index (χ1) is 34.9. The summed E-state index contributed by atoms with van der Waals surface area (Å²) < 4.78 is 21.0. The van der Waals surface area contributed by atoms with Gasteiger partial charge in [-0.25, -0.2) is 4.98 Å². The molecule has 0 amide bonds. The van der Waals surface area contributed by atoms with Gasteiger partial charge in [0, 0.05) is 46.7 Å². The Labute approximate surface area is 436 Å². The normalized spacial score (nSPS) is 13.7. The van der Waals surface area contributed by atoms with Gasteiger partial charge in [0.15, 0.2) is 0 Å². The molecule has 0 bridgehead atoms. The number of fused-ring (bicyclic) bond motifs is 1. The molecule has 0 atom stereocenters. The van der Waals surface area contributed by atoms with Gasteiger partial charge in [-0.1, -0.05) is 209 Å². The molecule has 1 aliphatic carbocycles. The molecule has 1 saturated carbocycles. The minimum atomic E-state index is -1.49. The Bertz CT molecular complexity index is 3520. The van der Waals surface area contributed by atoms with Gasteiger partial charge in [0.1, 0.15) is 11.6 Å². The molecule has 71 heavy (non-hydrogen) atoms. The van der Waals surface area contributed by atoms with Crippen LogP contribution in [0.4, 0.5) is 0 Å². The molecule has 10 aromatic rings. The second kappa shape index (κ2) is 19.9. The van der Waals surface area contributed by atoms with Crippen LogP contribution < -0.4 is 0 Å². The first kappa shape index (κ1) is 45.0. The minimum absolute atomic E-state index is 0. The van der Waals surface area contributed by atoms with Gasteiger partial charge in [-0.15, -0.1) is 29.3 Å². The fraction of sp³-hybridized carbons (Fsp3) is 0.182. The molecule has 0 aliphatic heterocycles. The van der Waals surface area contributed by atoms with Gasteiger partial charge in [0.2, 0.25) is 0 Å². The van der Waals surface area contributed by atoms with Crippen molar-refractivity contribution in [2.24, 2.45) is 5.92 Å². The van der Waals surface area contributed by atoms with E-state index in [0.717, 1.165) is 92.6 Å². The Morgan fingerprint density at radius 3 is 1.87 bits per heavy atom. The number of nitrogens with zero attached hydrogens (tertiary/aromatic N) is 3. The zero-order chi connectivity index (χ0) is 49.6. The molecular formula is C66H58N3OPt-. The zero-order valence-electron chi connectivity index (χ0n) is 42.6. The molecule has 8 aromatic carbocycles. The van der Waals surface area contributed by atoms with Crippen molar-refractivity contribution in [2.45, 2.75) is 70.6 Å². The predicted molar refractivity (Wildman–Crippen MR) is 289 cm³/mol. The third-order valence-electron chi connectivity index (χ3n) is 14.4. The van der Waals surface area contributed by atoms with E-state index in [9.17, 15) is 7.85 Å². The third-order valence-corrected chi connectivity index (χ3v) is 14.4. The molecule has 4 nitrogen and oxygen atoms in total. The van der Waals surface area contributed by atoms with Crippen molar-refractivity contribution >= 4 is 11.0 Å². The number of aromatic hydroxyl groups is 1. The maximum atomic E-state index is 11.5. The van der Waals surface area contributed by atoms with E-state index in [1.165, 1.54) is 16.7 Å². The largest absolute Gasteiger partial charge is 0.507 e. The van der Waals surface area contributed by atoms with E-state index in [2.05, 4.69) is 178 Å². The van der Waals surface area contributed by atoms with E-state index in [0.29, 0.717) is 17.0 Å². The number of phenols is 1. The number of benzene rings is 8. The van der Waals surface area contributed by atoms with Crippen molar-refractivity contribution in [3.05, 3.63) is 240 Å². The number of aromatic nitrogens is 3. The van der Waals surface area contributed by atoms with Crippen LogP contribution >= 0.6 is 0 Å². The van der Waals surface area contributed by atoms with E-state index < -0.39 is 6.37 Å². The molecule has 0 spiro atoms. The third kappa shape index (κ3) is 9.35. The molecule has 0 saturated heterocycles. The number of para-hydroxylation sites is 2. The van der Waals surface area contributed by atoms with Gasteiger partial charge in [-0.05, 0) is 100.0 Å². The van der Waals surface area contributed by atoms with Crippen LogP contribution in [-0.2, 0) is 38.3 Å². The Kier molecular flexibility index (Phi) is 12.6. The Morgan fingerprint density at radius 2 is 1.20 bits per heavy atom. The van der Waals surface area contributed by atoms with Crippen LogP contribution in [0, 0.1) is 12.0 Å². The van der Waals surface area contributed by atoms with E-state index in [-0.39, 0.29) is 43.6 Å². The molecule has 1 fully saturated rings. The summed E-state index contributed by atoms with van der Waals surface area (Å²) in [5, 5.41) is 11.5. The molecule has 354 valence electrons. The van der Waals surface area contributed by atoms with Gasteiger partial charge in [-0.2, -0.15) is 0 Å². The average Bonchev–Trinajstić information content (AvgIpc) is 4.11. The molecule has 2 heterocycles. The standard InChI is InChI=1S/C66H58N3O.Pt/c1-65(2,3)55-42-50(41-51(43-55)59-44-49(37-38-67-59)47-32-34-54(35-33-47)66(4,52-23-10-6-11-24-52)53-25-12-7-13-26-53)56-28-18-29-61-63(56)68-64(57-27-16-17-30-62(57)70)69(61)60-36-31-46(39-45-19-14-15-20-45)40-58(60)48-21-8-5-9-22-48;/h5-13,16-18,21-38,40,42-45,70H,14-15,19-20,39H2,1-4H3;/q-1;/i39D2;. The smallest absolute Gasteiger partial charge is 0.148 e. The van der Waals surface area contributed by atoms with Crippen LogP contribution in [0.15, 0.2) is 206 Å². The number of hydrogen-bond donors (Lipinski definition) is 1. The molecular weight excluding hydrogens is 1050 g/mol. The van der Waals surface area contributed by atoms with E-state index >= 15 is 0 Å². The molecule has 5 heteroatoms. The second-order valence-electron chi connectivity index (χ2n) is 20.0. The van der Waals surface area contributed by atoms with Crippen LogP contribution in [0.2, 0.25) is 0 Å². The van der Waals surface area contributed by atoms with Crippen LogP contribution in [0.5, 0.6) is 5.75 Å². The summed E-state index contributed by atoms with van der Waals surface area (Å²) in [5.41, 5.74) is 15.5. The van der Waals surface area contributed by atoms with Crippen molar-refractivity contribution < 1.29 is 28.9 Å². The number of rotatable bonds is 11. The van der Waals surface area contributed by atoms with Crippen molar-refractivity contribution in [1.29, 1.82) is 0 Å².